The van der Waals surface area contributed by atoms with E-state index in [-0.39, 0.29) is 5.91 Å². The van der Waals surface area contributed by atoms with Crippen LogP contribution in [0.5, 0.6) is 0 Å². The molecule has 2 heterocycles. The lowest BCUT2D eigenvalue weighted by Crippen LogP contribution is -2.28. The topological polar surface area (TPSA) is 67.3 Å². The van der Waals surface area contributed by atoms with Gasteiger partial charge < -0.3 is 15.0 Å². The van der Waals surface area contributed by atoms with Gasteiger partial charge in [-0.05, 0) is 30.9 Å². The van der Waals surface area contributed by atoms with E-state index in [0.717, 1.165) is 31.5 Å². The fraction of sp³-hybridized carbons (Fsp3) is 0.389. The Morgan fingerprint density at radius 1 is 1.29 bits per heavy atom. The zero-order valence-corrected chi connectivity index (χ0v) is 13.9. The maximum Gasteiger partial charge on any atom is 0.254 e. The van der Waals surface area contributed by atoms with E-state index in [1.54, 1.807) is 19.5 Å². The molecule has 126 valence electrons. The van der Waals surface area contributed by atoms with Gasteiger partial charge in [-0.1, -0.05) is 18.2 Å². The van der Waals surface area contributed by atoms with E-state index in [2.05, 4.69) is 38.4 Å². The van der Waals surface area contributed by atoms with Gasteiger partial charge in [0.15, 0.2) is 0 Å². The molecule has 1 aliphatic heterocycles. The molecule has 1 aromatic heterocycles. The number of nitrogens with zero attached hydrogens (tertiary/aromatic N) is 3. The number of hydrogen-bond acceptors (Lipinski definition) is 5. The number of carbonyl (C=O) groups is 1. The summed E-state index contributed by atoms with van der Waals surface area (Å²) in [4.78, 5) is 23.0. The van der Waals surface area contributed by atoms with Gasteiger partial charge in [-0.25, -0.2) is 9.97 Å². The molecule has 0 saturated heterocycles. The molecule has 1 amide bonds. The molecule has 0 bridgehead atoms. The Kier molecular flexibility index (Phi) is 5.38. The lowest BCUT2D eigenvalue weighted by atomic mass is 10.0. The number of rotatable bonds is 6. The number of benzene rings is 1. The van der Waals surface area contributed by atoms with Crippen molar-refractivity contribution in [1.82, 2.24) is 15.3 Å². The normalized spacial score (nSPS) is 13.5. The molecule has 24 heavy (non-hydrogen) atoms. The van der Waals surface area contributed by atoms with Crippen molar-refractivity contribution >= 4 is 17.5 Å². The maximum atomic E-state index is 12.0. The van der Waals surface area contributed by atoms with Crippen LogP contribution in [0, 0.1) is 0 Å². The SMILES string of the molecule is COCCCNC(=O)c1cnc(N2CCCc3ccccc32)nc1. The Bertz CT molecular complexity index is 688. The summed E-state index contributed by atoms with van der Waals surface area (Å²) < 4.78 is 4.96. The molecule has 3 rings (SSSR count). The molecular formula is C18H22N4O2. The number of aromatic nitrogens is 2. The number of para-hydroxylation sites is 1. The monoisotopic (exact) mass is 326 g/mol. The Balaban J connectivity index is 1.68. The standard InChI is InChI=1S/C18H22N4O2/c1-24-11-5-9-19-17(23)15-12-20-18(21-13-15)22-10-4-7-14-6-2-3-8-16(14)22/h2-3,6,8,12-13H,4-5,7,9-11H2,1H3,(H,19,23). The Morgan fingerprint density at radius 2 is 2.08 bits per heavy atom. The maximum absolute atomic E-state index is 12.0. The van der Waals surface area contributed by atoms with Gasteiger partial charge in [0, 0.05) is 44.9 Å². The summed E-state index contributed by atoms with van der Waals surface area (Å²) in [5, 5.41) is 2.84. The first-order chi connectivity index (χ1) is 11.8. The van der Waals surface area contributed by atoms with Crippen molar-refractivity contribution in [3.63, 3.8) is 0 Å². The van der Waals surface area contributed by atoms with Crippen molar-refractivity contribution in [2.24, 2.45) is 0 Å². The first-order valence-corrected chi connectivity index (χ1v) is 8.24. The predicted octanol–water partition coefficient (Wildman–Crippen LogP) is 2.33. The first kappa shape index (κ1) is 16.4. The third kappa shape index (κ3) is 3.71. The number of aryl methyl sites for hydroxylation is 1. The highest BCUT2D eigenvalue weighted by molar-refractivity contribution is 5.93. The van der Waals surface area contributed by atoms with Crippen LogP contribution in [0.2, 0.25) is 0 Å². The lowest BCUT2D eigenvalue weighted by Gasteiger charge is -2.29. The first-order valence-electron chi connectivity index (χ1n) is 8.24. The average Bonchev–Trinajstić information content (AvgIpc) is 2.65. The number of fused-ring (bicyclic) bond motifs is 1. The van der Waals surface area contributed by atoms with E-state index in [4.69, 9.17) is 4.74 Å². The summed E-state index contributed by atoms with van der Waals surface area (Å²) in [6.45, 7) is 2.09. The second-order valence-electron chi connectivity index (χ2n) is 5.76. The van der Waals surface area contributed by atoms with Crippen LogP contribution < -0.4 is 10.2 Å². The quantitative estimate of drug-likeness (QED) is 0.825. The van der Waals surface area contributed by atoms with Gasteiger partial charge >= 0.3 is 0 Å². The molecule has 0 atom stereocenters. The van der Waals surface area contributed by atoms with Gasteiger partial charge in [-0.2, -0.15) is 0 Å². The molecule has 0 unspecified atom stereocenters. The molecule has 1 aromatic carbocycles. The van der Waals surface area contributed by atoms with E-state index < -0.39 is 0 Å². The second kappa shape index (κ2) is 7.88. The van der Waals surface area contributed by atoms with Crippen LogP contribution in [0.15, 0.2) is 36.7 Å². The van der Waals surface area contributed by atoms with Crippen LogP contribution in [0.3, 0.4) is 0 Å². The third-order valence-corrected chi connectivity index (χ3v) is 4.06. The number of methoxy groups -OCH3 is 1. The Morgan fingerprint density at radius 3 is 2.88 bits per heavy atom. The molecule has 1 N–H and O–H groups in total. The predicted molar refractivity (Wildman–Crippen MR) is 92.6 cm³/mol. The van der Waals surface area contributed by atoms with Crippen LogP contribution in [-0.2, 0) is 11.2 Å². The van der Waals surface area contributed by atoms with Crippen LogP contribution in [0.1, 0.15) is 28.8 Å². The smallest absolute Gasteiger partial charge is 0.254 e. The van der Waals surface area contributed by atoms with E-state index in [0.29, 0.717) is 24.7 Å². The van der Waals surface area contributed by atoms with E-state index in [9.17, 15) is 4.79 Å². The Labute approximate surface area is 141 Å². The highest BCUT2D eigenvalue weighted by Gasteiger charge is 2.20. The number of hydrogen-bond donors (Lipinski definition) is 1. The minimum absolute atomic E-state index is 0.156. The fourth-order valence-electron chi connectivity index (χ4n) is 2.84. The summed E-state index contributed by atoms with van der Waals surface area (Å²) in [6, 6.07) is 8.32. The third-order valence-electron chi connectivity index (χ3n) is 4.06. The molecule has 6 heteroatoms. The Hall–Kier alpha value is -2.47. The van der Waals surface area contributed by atoms with Crippen molar-refractivity contribution in [2.45, 2.75) is 19.3 Å². The van der Waals surface area contributed by atoms with Gasteiger partial charge in [0.1, 0.15) is 0 Å². The summed E-state index contributed by atoms with van der Waals surface area (Å²) >= 11 is 0. The number of nitrogens with one attached hydrogen (secondary N) is 1. The molecule has 0 saturated carbocycles. The second-order valence-corrected chi connectivity index (χ2v) is 5.76. The number of carbonyl (C=O) groups excluding carboxylic acids is 1. The fourth-order valence-corrected chi connectivity index (χ4v) is 2.84. The zero-order chi connectivity index (χ0) is 16.8. The largest absolute Gasteiger partial charge is 0.385 e. The molecule has 0 spiro atoms. The molecule has 0 radical (unpaired) electrons. The summed E-state index contributed by atoms with van der Waals surface area (Å²) in [5.74, 6) is 0.481. The zero-order valence-electron chi connectivity index (χ0n) is 13.9. The van der Waals surface area contributed by atoms with Gasteiger partial charge in [0.05, 0.1) is 5.56 Å². The molecular weight excluding hydrogens is 304 g/mol. The minimum Gasteiger partial charge on any atom is -0.385 e. The van der Waals surface area contributed by atoms with E-state index in [1.165, 1.54) is 5.56 Å². The molecule has 1 aliphatic rings. The lowest BCUT2D eigenvalue weighted by molar-refractivity contribution is 0.0948. The van der Waals surface area contributed by atoms with Crippen molar-refractivity contribution in [3.8, 4) is 0 Å². The van der Waals surface area contributed by atoms with Crippen LogP contribution in [0.25, 0.3) is 0 Å². The highest BCUT2D eigenvalue weighted by atomic mass is 16.5. The summed E-state index contributed by atoms with van der Waals surface area (Å²) in [5.41, 5.74) is 2.94. The summed E-state index contributed by atoms with van der Waals surface area (Å²) in [7, 11) is 1.65. The molecule has 0 fully saturated rings. The van der Waals surface area contributed by atoms with Gasteiger partial charge in [-0.15, -0.1) is 0 Å². The van der Waals surface area contributed by atoms with Gasteiger partial charge in [0.2, 0.25) is 5.95 Å². The van der Waals surface area contributed by atoms with Crippen molar-refractivity contribution in [1.29, 1.82) is 0 Å². The minimum atomic E-state index is -0.156. The van der Waals surface area contributed by atoms with Crippen LogP contribution in [0.4, 0.5) is 11.6 Å². The van der Waals surface area contributed by atoms with E-state index in [1.807, 2.05) is 6.07 Å². The average molecular weight is 326 g/mol. The molecule has 2 aromatic rings. The van der Waals surface area contributed by atoms with Crippen molar-refractivity contribution < 1.29 is 9.53 Å². The van der Waals surface area contributed by atoms with Crippen LogP contribution in [-0.4, -0.2) is 42.7 Å². The van der Waals surface area contributed by atoms with Crippen molar-refractivity contribution in [3.05, 3.63) is 47.8 Å². The number of ether oxygens (including phenoxy) is 1. The van der Waals surface area contributed by atoms with Crippen LogP contribution >= 0.6 is 0 Å². The number of anilines is 2. The highest BCUT2D eigenvalue weighted by Crippen LogP contribution is 2.30. The van der Waals surface area contributed by atoms with Gasteiger partial charge in [-0.3, -0.25) is 4.79 Å². The molecule has 6 nitrogen and oxygen atoms in total. The van der Waals surface area contributed by atoms with Crippen molar-refractivity contribution in [2.75, 3.05) is 31.7 Å². The number of amides is 1. The molecule has 0 aliphatic carbocycles. The van der Waals surface area contributed by atoms with Gasteiger partial charge in [0.25, 0.3) is 5.91 Å². The van der Waals surface area contributed by atoms with E-state index >= 15 is 0 Å². The summed E-state index contributed by atoms with van der Waals surface area (Å²) in [6.07, 6.45) is 6.11.